The van der Waals surface area contributed by atoms with Gasteiger partial charge in [0.05, 0.1) is 11.9 Å². The van der Waals surface area contributed by atoms with Gasteiger partial charge in [-0.05, 0) is 33.6 Å². The Morgan fingerprint density at radius 1 is 1.33 bits per heavy atom. The molecule has 0 aromatic carbocycles. The molecule has 0 radical (unpaired) electrons. The van der Waals surface area contributed by atoms with Crippen molar-refractivity contribution in [3.05, 3.63) is 0 Å². The highest BCUT2D eigenvalue weighted by Crippen LogP contribution is 2.24. The molecule has 0 aromatic heterocycles. The first kappa shape index (κ1) is 16.1. The Morgan fingerprint density at radius 2 is 1.95 bits per heavy atom. The summed E-state index contributed by atoms with van der Waals surface area (Å²) >= 11 is 0. The van der Waals surface area contributed by atoms with E-state index in [2.05, 4.69) is 5.10 Å². The monoisotopic (exact) mass is 297 g/mol. The average molecular weight is 297 g/mol. The van der Waals surface area contributed by atoms with Gasteiger partial charge in [-0.25, -0.2) is 4.79 Å². The molecule has 1 fully saturated rings. The number of hydrogen-bond acceptors (Lipinski definition) is 6. The van der Waals surface area contributed by atoms with Gasteiger partial charge in [0.1, 0.15) is 5.60 Å². The third-order valence-electron chi connectivity index (χ3n) is 3.72. The maximum absolute atomic E-state index is 12.0. The minimum Gasteiger partial charge on any atom is -0.444 e. The van der Waals surface area contributed by atoms with Crippen LogP contribution in [-0.2, 0) is 4.74 Å². The number of carbonyl (C=O) groups is 1. The van der Waals surface area contributed by atoms with Gasteiger partial charge in [-0.1, -0.05) is 0 Å². The zero-order valence-electron chi connectivity index (χ0n) is 12.9. The lowest BCUT2D eigenvalue weighted by Crippen LogP contribution is -2.46. The number of amides is 1. The predicted molar refractivity (Wildman–Crippen MR) is 80.0 cm³/mol. The molecule has 0 bridgehead atoms. The van der Waals surface area contributed by atoms with E-state index >= 15 is 0 Å². The molecule has 2 N–H and O–H groups in total. The quantitative estimate of drug-likeness (QED) is 0.726. The molecule has 7 nitrogen and oxygen atoms in total. The number of piperidine rings is 1. The largest absolute Gasteiger partial charge is 0.462 e. The van der Waals surface area contributed by atoms with Gasteiger partial charge in [-0.15, -0.1) is 0 Å². The smallest absolute Gasteiger partial charge is 0.444 e. The molecule has 0 spiro atoms. The summed E-state index contributed by atoms with van der Waals surface area (Å²) in [7, 11) is -1.36. The predicted octanol–water partition coefficient (Wildman–Crippen LogP) is 0.530. The zero-order chi connectivity index (χ0) is 15.6. The minimum absolute atomic E-state index is 0.240. The highest BCUT2D eigenvalue weighted by molar-refractivity contribution is 6.48. The molecule has 1 unspecified atom stereocenters. The van der Waals surface area contributed by atoms with Crippen LogP contribution >= 0.6 is 0 Å². The van der Waals surface area contributed by atoms with Gasteiger partial charge in [-0.3, -0.25) is 5.01 Å². The van der Waals surface area contributed by atoms with Crippen LogP contribution in [-0.4, -0.2) is 70.7 Å². The van der Waals surface area contributed by atoms with Crippen LogP contribution in [0.25, 0.3) is 0 Å². The lowest BCUT2D eigenvalue weighted by Gasteiger charge is -2.36. The van der Waals surface area contributed by atoms with Crippen molar-refractivity contribution in [2.75, 3.05) is 19.6 Å². The van der Waals surface area contributed by atoms with Crippen molar-refractivity contribution in [2.24, 2.45) is 5.10 Å². The molecule has 0 aliphatic carbocycles. The fraction of sp³-hybridized carbons (Fsp3) is 0.846. The van der Waals surface area contributed by atoms with E-state index < -0.39 is 12.7 Å². The molecule has 2 rings (SSSR count). The first-order chi connectivity index (χ1) is 9.76. The third kappa shape index (κ3) is 4.34. The fourth-order valence-corrected chi connectivity index (χ4v) is 2.57. The molecular formula is C13H24BN3O4. The van der Waals surface area contributed by atoms with Gasteiger partial charge in [0, 0.05) is 25.8 Å². The molecule has 1 atom stereocenters. The highest BCUT2D eigenvalue weighted by Gasteiger charge is 2.34. The van der Waals surface area contributed by atoms with E-state index in [0.29, 0.717) is 19.6 Å². The van der Waals surface area contributed by atoms with Crippen LogP contribution in [0.15, 0.2) is 5.10 Å². The van der Waals surface area contributed by atoms with Crippen LogP contribution < -0.4 is 0 Å². The number of likely N-dealkylation sites (tertiary alicyclic amines) is 1. The number of rotatable bonds is 2. The molecule has 2 aliphatic rings. The summed E-state index contributed by atoms with van der Waals surface area (Å²) in [6, 6.07) is 0.240. The number of hydrazone groups is 1. The van der Waals surface area contributed by atoms with Crippen LogP contribution in [0.4, 0.5) is 4.79 Å². The van der Waals surface area contributed by atoms with Gasteiger partial charge in [0.25, 0.3) is 0 Å². The zero-order valence-corrected chi connectivity index (χ0v) is 12.9. The second kappa shape index (κ2) is 6.23. The molecule has 1 amide bonds. The minimum atomic E-state index is -1.36. The summed E-state index contributed by atoms with van der Waals surface area (Å²) in [5.74, 6) is -0.325. The van der Waals surface area contributed by atoms with Gasteiger partial charge < -0.3 is 19.7 Å². The molecule has 0 aromatic rings. The summed E-state index contributed by atoms with van der Waals surface area (Å²) in [5.41, 5.74) is -0.475. The van der Waals surface area contributed by atoms with Crippen molar-refractivity contribution < 1.29 is 19.6 Å². The SMILES string of the molecule is CC(C)(C)OC(=O)N1CCC(N2CC(B(O)O)C=N2)CC1. The van der Waals surface area contributed by atoms with Crippen LogP contribution in [0.3, 0.4) is 0 Å². The highest BCUT2D eigenvalue weighted by atomic mass is 16.6. The van der Waals surface area contributed by atoms with Gasteiger partial charge in [0.15, 0.2) is 0 Å². The Morgan fingerprint density at radius 3 is 2.43 bits per heavy atom. The van der Waals surface area contributed by atoms with Crippen LogP contribution in [0.1, 0.15) is 33.6 Å². The Bertz CT molecular complexity index is 403. The summed E-state index contributed by atoms with van der Waals surface area (Å²) in [5, 5.41) is 24.5. The van der Waals surface area contributed by atoms with Crippen molar-refractivity contribution in [1.29, 1.82) is 0 Å². The van der Waals surface area contributed by atoms with E-state index in [1.54, 1.807) is 11.1 Å². The van der Waals surface area contributed by atoms with E-state index in [1.807, 2.05) is 25.8 Å². The molecule has 0 saturated carbocycles. The maximum Gasteiger partial charge on any atom is 0.462 e. The van der Waals surface area contributed by atoms with Crippen molar-refractivity contribution in [2.45, 2.75) is 51.1 Å². The standard InChI is InChI=1S/C13H24BN3O4/c1-13(2,3)21-12(18)16-6-4-11(5-7-16)17-9-10(8-15-17)14(19)20/h8,10-11,19-20H,4-7,9H2,1-3H3. The van der Waals surface area contributed by atoms with Crippen LogP contribution in [0, 0.1) is 0 Å². The van der Waals surface area contributed by atoms with Crippen molar-refractivity contribution in [3.8, 4) is 0 Å². The number of carbonyl (C=O) groups excluding carboxylic acids is 1. The first-order valence-corrected chi connectivity index (χ1v) is 7.41. The van der Waals surface area contributed by atoms with Crippen LogP contribution in [0.5, 0.6) is 0 Å². The molecule has 8 heteroatoms. The lowest BCUT2D eigenvalue weighted by molar-refractivity contribution is 0.0150. The van der Waals surface area contributed by atoms with Gasteiger partial charge in [-0.2, -0.15) is 5.10 Å². The van der Waals surface area contributed by atoms with Crippen molar-refractivity contribution in [3.63, 3.8) is 0 Å². The number of nitrogens with zero attached hydrogens (tertiary/aromatic N) is 3. The molecule has 2 aliphatic heterocycles. The molecule has 2 heterocycles. The lowest BCUT2D eigenvalue weighted by atomic mass is 9.74. The maximum atomic E-state index is 12.0. The second-order valence-corrected chi connectivity index (χ2v) is 6.66. The Kier molecular flexibility index (Phi) is 4.78. The second-order valence-electron chi connectivity index (χ2n) is 6.66. The molecule has 21 heavy (non-hydrogen) atoms. The summed E-state index contributed by atoms with van der Waals surface area (Å²) in [4.78, 5) is 13.7. The van der Waals surface area contributed by atoms with Crippen molar-refractivity contribution >= 4 is 19.4 Å². The summed E-state index contributed by atoms with van der Waals surface area (Å²) in [6.45, 7) is 7.37. The third-order valence-corrected chi connectivity index (χ3v) is 3.72. The van der Waals surface area contributed by atoms with E-state index in [9.17, 15) is 4.79 Å². The van der Waals surface area contributed by atoms with E-state index in [-0.39, 0.29) is 18.0 Å². The Balaban J connectivity index is 1.79. The van der Waals surface area contributed by atoms with Gasteiger partial charge >= 0.3 is 13.2 Å². The fourth-order valence-electron chi connectivity index (χ4n) is 2.57. The van der Waals surface area contributed by atoms with Crippen LogP contribution in [0.2, 0.25) is 5.82 Å². The molecule has 118 valence electrons. The number of ether oxygens (including phenoxy) is 1. The van der Waals surface area contributed by atoms with E-state index in [1.165, 1.54) is 0 Å². The first-order valence-electron chi connectivity index (χ1n) is 7.41. The topological polar surface area (TPSA) is 85.6 Å². The Hall–Kier alpha value is -1.28. The van der Waals surface area contributed by atoms with E-state index in [0.717, 1.165) is 12.8 Å². The van der Waals surface area contributed by atoms with Gasteiger partial charge in [0.2, 0.25) is 0 Å². The summed E-state index contributed by atoms with van der Waals surface area (Å²) < 4.78 is 5.36. The summed E-state index contributed by atoms with van der Waals surface area (Å²) in [6.07, 6.45) is 2.94. The molecule has 1 saturated heterocycles. The Labute approximate surface area is 125 Å². The van der Waals surface area contributed by atoms with Crippen molar-refractivity contribution in [1.82, 2.24) is 9.91 Å². The molecular weight excluding hydrogens is 273 g/mol. The average Bonchev–Trinajstić information content (AvgIpc) is 2.86. The number of hydrogen-bond donors (Lipinski definition) is 2. The van der Waals surface area contributed by atoms with E-state index in [4.69, 9.17) is 14.8 Å². The normalized spacial score (nSPS) is 23.6.